The highest BCUT2D eigenvalue weighted by molar-refractivity contribution is 6.18. The van der Waals surface area contributed by atoms with Crippen molar-refractivity contribution in [3.05, 3.63) is 24.0 Å². The zero-order valence-electron chi connectivity index (χ0n) is 17.4. The quantitative estimate of drug-likeness (QED) is 0.444. The summed E-state index contributed by atoms with van der Waals surface area (Å²) >= 11 is 11.8. The van der Waals surface area contributed by atoms with Crippen LogP contribution in [-0.2, 0) is 23.1 Å². The lowest BCUT2D eigenvalue weighted by Gasteiger charge is -2.22. The van der Waals surface area contributed by atoms with Crippen molar-refractivity contribution in [1.82, 2.24) is 14.9 Å². The van der Waals surface area contributed by atoms with Crippen LogP contribution in [0.25, 0.3) is 11.0 Å². The maximum absolute atomic E-state index is 12.4. The van der Waals surface area contributed by atoms with Crippen LogP contribution >= 0.6 is 23.2 Å². The Morgan fingerprint density at radius 3 is 2.43 bits per heavy atom. The molecule has 0 aliphatic carbocycles. The summed E-state index contributed by atoms with van der Waals surface area (Å²) in [6, 6.07) is 4.01. The van der Waals surface area contributed by atoms with Gasteiger partial charge in [-0.15, -0.1) is 23.2 Å². The van der Waals surface area contributed by atoms with Gasteiger partial charge in [0.1, 0.15) is 11.9 Å². The lowest BCUT2D eigenvalue weighted by molar-refractivity contribution is -0.143. The van der Waals surface area contributed by atoms with Crippen LogP contribution in [0, 0.1) is 5.92 Å². The number of aryl methyl sites for hydroxylation is 1. The van der Waals surface area contributed by atoms with Crippen LogP contribution in [0.4, 0.5) is 5.69 Å². The molecule has 0 unspecified atom stereocenters. The third kappa shape index (κ3) is 5.77. The van der Waals surface area contributed by atoms with E-state index in [1.807, 2.05) is 29.8 Å². The highest BCUT2D eigenvalue weighted by Gasteiger charge is 2.27. The Bertz CT molecular complexity index is 881. The number of aliphatic carboxylic acids is 1. The molecule has 8 nitrogen and oxygen atoms in total. The molecule has 0 aliphatic heterocycles. The van der Waals surface area contributed by atoms with E-state index in [4.69, 9.17) is 28.9 Å². The van der Waals surface area contributed by atoms with Gasteiger partial charge in [-0.1, -0.05) is 13.8 Å². The first kappa shape index (κ1) is 24.2. The molecule has 0 spiro atoms. The number of fused-ring (bicyclic) bond motifs is 1. The number of aromatic nitrogens is 2. The number of nitrogens with one attached hydrogen (secondary N) is 1. The summed E-state index contributed by atoms with van der Waals surface area (Å²) in [6.45, 7) is 4.80. The van der Waals surface area contributed by atoms with Crippen molar-refractivity contribution in [1.29, 1.82) is 0 Å². The van der Waals surface area contributed by atoms with Gasteiger partial charge in [-0.2, -0.15) is 0 Å². The first-order valence-corrected chi connectivity index (χ1v) is 10.9. The van der Waals surface area contributed by atoms with Gasteiger partial charge in [0.2, 0.25) is 5.91 Å². The molecule has 10 heteroatoms. The summed E-state index contributed by atoms with van der Waals surface area (Å²) in [5, 5.41) is 11.8. The van der Waals surface area contributed by atoms with Crippen LogP contribution in [0.5, 0.6) is 0 Å². The minimum atomic E-state index is -1.08. The molecule has 0 saturated heterocycles. The molecule has 1 aromatic carbocycles. The van der Waals surface area contributed by atoms with Crippen LogP contribution in [0.1, 0.15) is 19.7 Å². The highest BCUT2D eigenvalue weighted by atomic mass is 35.5. The van der Waals surface area contributed by atoms with Gasteiger partial charge < -0.3 is 25.6 Å². The van der Waals surface area contributed by atoms with Gasteiger partial charge in [0.05, 0.1) is 17.1 Å². The predicted molar refractivity (Wildman–Crippen MR) is 120 cm³/mol. The van der Waals surface area contributed by atoms with E-state index in [9.17, 15) is 14.7 Å². The molecule has 1 amide bonds. The Kier molecular flexibility index (Phi) is 8.76. The number of anilines is 1. The highest BCUT2D eigenvalue weighted by Crippen LogP contribution is 2.23. The van der Waals surface area contributed by atoms with Crippen LogP contribution in [-0.4, -0.2) is 63.5 Å². The third-order valence-electron chi connectivity index (χ3n) is 5.00. The normalized spacial score (nSPS) is 13.4. The van der Waals surface area contributed by atoms with Crippen molar-refractivity contribution in [2.45, 2.75) is 32.4 Å². The molecular formula is C20H29Cl2N5O3. The molecule has 4 N–H and O–H groups in total. The minimum absolute atomic E-state index is 0.184. The third-order valence-corrected chi connectivity index (χ3v) is 5.34. The maximum Gasteiger partial charge on any atom is 0.326 e. The zero-order chi connectivity index (χ0) is 22.4. The molecule has 0 bridgehead atoms. The van der Waals surface area contributed by atoms with Crippen molar-refractivity contribution < 1.29 is 14.7 Å². The number of halogens is 2. The number of amides is 1. The van der Waals surface area contributed by atoms with Crippen molar-refractivity contribution in [3.8, 4) is 0 Å². The number of hydrogen-bond donors (Lipinski definition) is 3. The summed E-state index contributed by atoms with van der Waals surface area (Å²) in [5.74, 6) is -0.238. The topological polar surface area (TPSA) is 113 Å². The first-order chi connectivity index (χ1) is 14.2. The van der Waals surface area contributed by atoms with Crippen molar-refractivity contribution in [3.63, 3.8) is 0 Å². The molecule has 0 aliphatic rings. The minimum Gasteiger partial charge on any atom is -0.480 e. The monoisotopic (exact) mass is 457 g/mol. The molecule has 0 saturated carbocycles. The number of rotatable bonds is 11. The Morgan fingerprint density at radius 2 is 1.90 bits per heavy atom. The van der Waals surface area contributed by atoms with Gasteiger partial charge in [-0.05, 0) is 24.1 Å². The number of nitrogens with zero attached hydrogens (tertiary/aromatic N) is 3. The summed E-state index contributed by atoms with van der Waals surface area (Å²) in [6.07, 6.45) is 0.184. The van der Waals surface area contributed by atoms with Crippen molar-refractivity contribution in [2.24, 2.45) is 18.7 Å². The Balaban J connectivity index is 2.20. The number of carbonyl (C=O) groups excluding carboxylic acids is 1. The zero-order valence-corrected chi connectivity index (χ0v) is 19.0. The SMILES string of the molecule is CC(C)[C@H](NC(=O)[C@@H](N)Cc1nc2cc(N(CCCl)CCCl)ccc2n1C)C(=O)O. The number of hydrogen-bond acceptors (Lipinski definition) is 5. The van der Waals surface area contributed by atoms with Crippen LogP contribution in [0.3, 0.4) is 0 Å². The molecule has 2 rings (SSSR count). The molecule has 1 aromatic heterocycles. The average molecular weight is 458 g/mol. The maximum atomic E-state index is 12.4. The smallest absolute Gasteiger partial charge is 0.326 e. The van der Waals surface area contributed by atoms with E-state index in [1.54, 1.807) is 13.8 Å². The Hall–Kier alpha value is -2.03. The number of benzene rings is 1. The Labute approximate surface area is 186 Å². The summed E-state index contributed by atoms with van der Waals surface area (Å²) in [5.41, 5.74) is 8.70. The van der Waals surface area contributed by atoms with E-state index in [-0.39, 0.29) is 12.3 Å². The first-order valence-electron chi connectivity index (χ1n) is 9.80. The predicted octanol–water partition coefficient (Wildman–Crippen LogP) is 1.95. The van der Waals surface area contributed by atoms with Gasteiger partial charge in [-0.25, -0.2) is 9.78 Å². The lowest BCUT2D eigenvalue weighted by Crippen LogP contribution is -2.51. The molecule has 2 atom stereocenters. The molecule has 0 fully saturated rings. The summed E-state index contributed by atoms with van der Waals surface area (Å²) < 4.78 is 1.89. The van der Waals surface area contributed by atoms with Gasteiger partial charge in [-0.3, -0.25) is 4.79 Å². The summed E-state index contributed by atoms with van der Waals surface area (Å²) in [7, 11) is 1.86. The number of nitrogens with two attached hydrogens (primary N) is 1. The van der Waals surface area contributed by atoms with Crippen LogP contribution < -0.4 is 16.0 Å². The standard InChI is InChI=1S/C20H29Cl2N5O3/c1-12(2)18(20(29)30)25-19(28)14(23)11-17-24-15-10-13(4-5-16(15)26(17)3)27(8-6-21)9-7-22/h4-5,10,12,14,18H,6-9,11,23H2,1-3H3,(H,25,28)(H,29,30)/t14-,18-/m0/s1. The fourth-order valence-corrected chi connectivity index (χ4v) is 3.66. The fraction of sp³-hybridized carbons (Fsp3) is 0.550. The number of carbonyl (C=O) groups is 2. The molecule has 1 heterocycles. The Morgan fingerprint density at radius 1 is 1.27 bits per heavy atom. The second-order valence-electron chi connectivity index (χ2n) is 7.50. The second-order valence-corrected chi connectivity index (χ2v) is 8.26. The van der Waals surface area contributed by atoms with Crippen molar-refractivity contribution in [2.75, 3.05) is 29.7 Å². The lowest BCUT2D eigenvalue weighted by atomic mass is 10.0. The number of carboxylic acid groups (broad SMARTS) is 1. The van der Waals surface area contributed by atoms with E-state index in [0.29, 0.717) is 30.7 Å². The molecular weight excluding hydrogens is 429 g/mol. The number of carboxylic acids is 1. The van der Waals surface area contributed by atoms with E-state index in [2.05, 4.69) is 15.2 Å². The molecule has 2 aromatic rings. The van der Waals surface area contributed by atoms with Crippen LogP contribution in [0.2, 0.25) is 0 Å². The van der Waals surface area contributed by atoms with E-state index < -0.39 is 24.0 Å². The summed E-state index contributed by atoms with van der Waals surface area (Å²) in [4.78, 5) is 30.5. The van der Waals surface area contributed by atoms with E-state index in [0.717, 1.165) is 16.7 Å². The van der Waals surface area contributed by atoms with Gasteiger partial charge in [0.25, 0.3) is 0 Å². The van der Waals surface area contributed by atoms with Gasteiger partial charge in [0, 0.05) is 44.0 Å². The largest absolute Gasteiger partial charge is 0.480 e. The second kappa shape index (κ2) is 10.8. The van der Waals surface area contributed by atoms with E-state index in [1.165, 1.54) is 0 Å². The van der Waals surface area contributed by atoms with Crippen LogP contribution in [0.15, 0.2) is 18.2 Å². The molecule has 166 valence electrons. The number of alkyl halides is 2. The fourth-order valence-electron chi connectivity index (χ4n) is 3.25. The molecule has 0 radical (unpaired) electrons. The number of imidazole rings is 1. The van der Waals surface area contributed by atoms with E-state index >= 15 is 0 Å². The average Bonchev–Trinajstić information content (AvgIpc) is 2.99. The van der Waals surface area contributed by atoms with Crippen molar-refractivity contribution >= 4 is 51.8 Å². The van der Waals surface area contributed by atoms with Gasteiger partial charge >= 0.3 is 5.97 Å². The van der Waals surface area contributed by atoms with Gasteiger partial charge in [0.15, 0.2) is 0 Å². The molecule has 30 heavy (non-hydrogen) atoms.